The second-order valence-electron chi connectivity index (χ2n) is 3.50. The van der Waals surface area contributed by atoms with E-state index in [4.69, 9.17) is 4.74 Å². The molecule has 1 aliphatic rings. The third-order valence-electron chi connectivity index (χ3n) is 2.43. The van der Waals surface area contributed by atoms with Crippen LogP contribution in [0.25, 0.3) is 0 Å². The van der Waals surface area contributed by atoms with Gasteiger partial charge in [-0.3, -0.25) is 14.6 Å². The van der Waals surface area contributed by atoms with Crippen molar-refractivity contribution in [2.24, 2.45) is 5.92 Å². The minimum absolute atomic E-state index is 0.275. The van der Waals surface area contributed by atoms with Crippen molar-refractivity contribution >= 4 is 17.6 Å². The average molecular weight is 220 g/mol. The zero-order valence-corrected chi connectivity index (χ0v) is 8.90. The van der Waals surface area contributed by atoms with Gasteiger partial charge in [-0.05, 0) is 19.1 Å². The van der Waals surface area contributed by atoms with E-state index in [0.717, 1.165) is 5.69 Å². The van der Waals surface area contributed by atoms with Crippen LogP contribution in [0.3, 0.4) is 0 Å². The quantitative estimate of drug-likeness (QED) is 0.590. The Kier molecular flexibility index (Phi) is 2.85. The molecule has 1 aromatic rings. The van der Waals surface area contributed by atoms with Gasteiger partial charge in [0.2, 0.25) is 5.91 Å². The fourth-order valence-corrected chi connectivity index (χ4v) is 1.65. The fraction of sp³-hybridized carbons (Fsp3) is 0.364. The topological polar surface area (TPSA) is 68.3 Å². The van der Waals surface area contributed by atoms with Crippen LogP contribution in [-0.4, -0.2) is 23.5 Å². The number of nitrogens with one attached hydrogen (secondary N) is 1. The molecule has 0 spiro atoms. The Hall–Kier alpha value is -1.91. The van der Waals surface area contributed by atoms with Crippen molar-refractivity contribution in [1.82, 2.24) is 4.98 Å². The first-order valence-corrected chi connectivity index (χ1v) is 5.13. The second kappa shape index (κ2) is 4.30. The zero-order valence-electron chi connectivity index (χ0n) is 8.90. The lowest BCUT2D eigenvalue weighted by Gasteiger charge is -2.21. The molecule has 5 heteroatoms. The summed E-state index contributed by atoms with van der Waals surface area (Å²) in [7, 11) is 0. The van der Waals surface area contributed by atoms with E-state index in [-0.39, 0.29) is 12.5 Å². The third kappa shape index (κ3) is 1.88. The lowest BCUT2D eigenvalue weighted by Crippen LogP contribution is -2.36. The van der Waals surface area contributed by atoms with Gasteiger partial charge in [-0.15, -0.1) is 0 Å². The molecule has 1 aromatic heterocycles. The lowest BCUT2D eigenvalue weighted by molar-refractivity contribution is -0.151. The number of rotatable bonds is 2. The number of nitrogens with zero attached hydrogens (tertiary/aromatic N) is 1. The molecule has 0 saturated heterocycles. The molecule has 5 nitrogen and oxygen atoms in total. The summed E-state index contributed by atoms with van der Waals surface area (Å²) in [5, 5.41) is 2.65. The van der Waals surface area contributed by atoms with Crippen LogP contribution >= 0.6 is 0 Å². The summed E-state index contributed by atoms with van der Waals surface area (Å²) in [6, 6.07) is 3.51. The molecular formula is C11H12N2O3. The number of hydrogen-bond acceptors (Lipinski definition) is 4. The highest BCUT2D eigenvalue weighted by molar-refractivity contribution is 6.06. The molecule has 0 bridgehead atoms. The van der Waals surface area contributed by atoms with Gasteiger partial charge in [-0.2, -0.15) is 0 Å². The molecular weight excluding hydrogens is 208 g/mol. The van der Waals surface area contributed by atoms with Crippen LogP contribution in [0.5, 0.6) is 0 Å². The fourth-order valence-electron chi connectivity index (χ4n) is 1.65. The Labute approximate surface area is 92.8 Å². The van der Waals surface area contributed by atoms with Crippen LogP contribution in [0.4, 0.5) is 5.69 Å². The molecule has 1 aliphatic heterocycles. The minimum atomic E-state index is -0.776. The lowest BCUT2D eigenvalue weighted by atomic mass is 9.97. The van der Waals surface area contributed by atoms with E-state index in [1.807, 2.05) is 0 Å². The number of pyridine rings is 1. The summed E-state index contributed by atoms with van der Waals surface area (Å²) in [6.07, 6.45) is 1.94. The summed E-state index contributed by atoms with van der Waals surface area (Å²) in [5.41, 5.74) is 1.40. The minimum Gasteiger partial charge on any atom is -0.465 e. The maximum absolute atomic E-state index is 11.6. The van der Waals surface area contributed by atoms with Crippen molar-refractivity contribution < 1.29 is 14.3 Å². The Morgan fingerprint density at radius 3 is 3.25 bits per heavy atom. The number of esters is 1. The van der Waals surface area contributed by atoms with Crippen molar-refractivity contribution in [2.45, 2.75) is 13.3 Å². The second-order valence-corrected chi connectivity index (χ2v) is 3.50. The van der Waals surface area contributed by atoms with Crippen molar-refractivity contribution in [3.8, 4) is 0 Å². The number of anilines is 1. The summed E-state index contributed by atoms with van der Waals surface area (Å²) in [5.74, 6) is -1.59. The van der Waals surface area contributed by atoms with E-state index in [9.17, 15) is 9.59 Å². The average Bonchev–Trinajstić information content (AvgIpc) is 2.28. The largest absolute Gasteiger partial charge is 0.465 e. The molecule has 2 heterocycles. The predicted octanol–water partition coefficient (Wildman–Crippen LogP) is 0.755. The number of aromatic nitrogens is 1. The molecule has 1 atom stereocenters. The predicted molar refractivity (Wildman–Crippen MR) is 56.7 cm³/mol. The molecule has 1 amide bonds. The van der Waals surface area contributed by atoms with Gasteiger partial charge in [0, 0.05) is 12.6 Å². The number of amides is 1. The Bertz CT molecular complexity index is 431. The molecule has 84 valence electrons. The first-order chi connectivity index (χ1) is 7.72. The molecule has 0 radical (unpaired) electrons. The van der Waals surface area contributed by atoms with E-state index in [1.165, 1.54) is 0 Å². The maximum atomic E-state index is 11.6. The van der Waals surface area contributed by atoms with Gasteiger partial charge in [-0.25, -0.2) is 0 Å². The van der Waals surface area contributed by atoms with E-state index < -0.39 is 11.9 Å². The maximum Gasteiger partial charge on any atom is 0.318 e. The molecule has 2 rings (SSSR count). The highest BCUT2D eigenvalue weighted by atomic mass is 16.5. The van der Waals surface area contributed by atoms with Gasteiger partial charge in [0.25, 0.3) is 0 Å². The standard InChI is InChI=1S/C11H12N2O3/c1-2-16-11(15)7-6-9-8(13-10(7)14)4-3-5-12-9/h3-5,7H,2,6H2,1H3,(H,13,14). The van der Waals surface area contributed by atoms with Gasteiger partial charge in [0.05, 0.1) is 18.0 Å². The van der Waals surface area contributed by atoms with Gasteiger partial charge in [0.1, 0.15) is 5.92 Å². The molecule has 0 saturated carbocycles. The van der Waals surface area contributed by atoms with Crippen LogP contribution in [0.15, 0.2) is 18.3 Å². The molecule has 16 heavy (non-hydrogen) atoms. The monoisotopic (exact) mass is 220 g/mol. The molecule has 0 fully saturated rings. The highest BCUT2D eigenvalue weighted by Gasteiger charge is 2.33. The van der Waals surface area contributed by atoms with Crippen molar-refractivity contribution in [3.63, 3.8) is 0 Å². The zero-order chi connectivity index (χ0) is 11.5. The van der Waals surface area contributed by atoms with Crippen LogP contribution in [0.1, 0.15) is 12.6 Å². The van der Waals surface area contributed by atoms with Gasteiger partial charge >= 0.3 is 5.97 Å². The van der Waals surface area contributed by atoms with E-state index in [1.54, 1.807) is 25.3 Å². The summed E-state index contributed by atoms with van der Waals surface area (Å²) in [4.78, 5) is 27.3. The van der Waals surface area contributed by atoms with Gasteiger partial charge < -0.3 is 10.1 Å². The summed E-state index contributed by atoms with van der Waals surface area (Å²) < 4.78 is 4.84. The van der Waals surface area contributed by atoms with Crippen molar-refractivity contribution in [2.75, 3.05) is 11.9 Å². The Balaban J connectivity index is 2.21. The Morgan fingerprint density at radius 2 is 2.50 bits per heavy atom. The first-order valence-electron chi connectivity index (χ1n) is 5.13. The number of carbonyl (C=O) groups is 2. The molecule has 0 aliphatic carbocycles. The Morgan fingerprint density at radius 1 is 1.69 bits per heavy atom. The molecule has 1 N–H and O–H groups in total. The van der Waals surface area contributed by atoms with Crippen LogP contribution < -0.4 is 5.32 Å². The van der Waals surface area contributed by atoms with Crippen LogP contribution in [0.2, 0.25) is 0 Å². The van der Waals surface area contributed by atoms with Gasteiger partial charge in [0.15, 0.2) is 0 Å². The summed E-state index contributed by atoms with van der Waals surface area (Å²) >= 11 is 0. The number of ether oxygens (including phenoxy) is 1. The van der Waals surface area contributed by atoms with Crippen molar-refractivity contribution in [1.29, 1.82) is 0 Å². The van der Waals surface area contributed by atoms with E-state index in [0.29, 0.717) is 12.1 Å². The van der Waals surface area contributed by atoms with Gasteiger partial charge in [-0.1, -0.05) is 0 Å². The molecule has 0 aromatic carbocycles. The van der Waals surface area contributed by atoms with E-state index >= 15 is 0 Å². The van der Waals surface area contributed by atoms with Crippen molar-refractivity contribution in [3.05, 3.63) is 24.0 Å². The normalized spacial score (nSPS) is 18.6. The number of fused-ring (bicyclic) bond motifs is 1. The summed E-state index contributed by atoms with van der Waals surface area (Å²) in [6.45, 7) is 1.99. The van der Waals surface area contributed by atoms with Crippen LogP contribution in [0, 0.1) is 5.92 Å². The molecule has 1 unspecified atom stereocenters. The SMILES string of the molecule is CCOC(=O)C1Cc2ncccc2NC1=O. The number of carbonyl (C=O) groups excluding carboxylic acids is 2. The van der Waals surface area contributed by atoms with E-state index in [2.05, 4.69) is 10.3 Å². The van der Waals surface area contributed by atoms with Crippen LogP contribution in [-0.2, 0) is 20.7 Å². The first kappa shape index (κ1) is 10.6. The smallest absolute Gasteiger partial charge is 0.318 e. The highest BCUT2D eigenvalue weighted by Crippen LogP contribution is 2.23. The third-order valence-corrected chi connectivity index (χ3v) is 2.43. The number of hydrogen-bond donors (Lipinski definition) is 1.